The van der Waals surface area contributed by atoms with E-state index in [1.807, 2.05) is 36.4 Å². The van der Waals surface area contributed by atoms with Gasteiger partial charge in [-0.2, -0.15) is 16.4 Å². The SMILES string of the molecule is Cc1ccc([B-](O)(c2ccc(C)cc2)c2ccc(C)cc2)cc1. The van der Waals surface area contributed by atoms with Crippen LogP contribution in [0.2, 0.25) is 0 Å². The van der Waals surface area contributed by atoms with Gasteiger partial charge in [0, 0.05) is 0 Å². The molecule has 2 heteroatoms. The van der Waals surface area contributed by atoms with Crippen LogP contribution in [-0.2, 0) is 0 Å². The quantitative estimate of drug-likeness (QED) is 0.737. The van der Waals surface area contributed by atoms with E-state index in [0.717, 1.165) is 16.4 Å². The van der Waals surface area contributed by atoms with Gasteiger partial charge in [-0.05, 0) is 20.8 Å². The van der Waals surface area contributed by atoms with Gasteiger partial charge in [0.2, 0.25) is 0 Å². The molecule has 0 atom stereocenters. The Kier molecular flexibility index (Phi) is 4.10. The van der Waals surface area contributed by atoms with Gasteiger partial charge in [-0.3, -0.25) is 0 Å². The second-order valence-corrected chi connectivity index (χ2v) is 6.55. The summed E-state index contributed by atoms with van der Waals surface area (Å²) in [6.07, 6.45) is -1.96. The molecule has 1 N–H and O–H groups in total. The van der Waals surface area contributed by atoms with Crippen molar-refractivity contribution in [3.63, 3.8) is 0 Å². The molecule has 0 spiro atoms. The molecule has 0 saturated heterocycles. The van der Waals surface area contributed by atoms with Gasteiger partial charge >= 0.3 is 0 Å². The largest absolute Gasteiger partial charge is 0.594 e. The van der Waals surface area contributed by atoms with Gasteiger partial charge in [-0.15, -0.1) is 0 Å². The molecule has 0 saturated carbocycles. The molecule has 0 bridgehead atoms. The van der Waals surface area contributed by atoms with E-state index in [4.69, 9.17) is 0 Å². The van der Waals surface area contributed by atoms with Crippen LogP contribution in [0.25, 0.3) is 0 Å². The number of rotatable bonds is 3. The number of hydrogen-bond donors (Lipinski definition) is 1. The number of hydrogen-bond acceptors (Lipinski definition) is 1. The third-order valence-corrected chi connectivity index (χ3v) is 4.68. The molecule has 23 heavy (non-hydrogen) atoms. The van der Waals surface area contributed by atoms with Crippen molar-refractivity contribution in [2.45, 2.75) is 20.8 Å². The van der Waals surface area contributed by atoms with Crippen LogP contribution in [0.3, 0.4) is 0 Å². The van der Waals surface area contributed by atoms with Crippen molar-refractivity contribution in [1.29, 1.82) is 0 Å². The zero-order chi connectivity index (χ0) is 16.4. The topological polar surface area (TPSA) is 20.2 Å². The van der Waals surface area contributed by atoms with E-state index in [9.17, 15) is 5.02 Å². The van der Waals surface area contributed by atoms with Crippen molar-refractivity contribution < 1.29 is 5.02 Å². The van der Waals surface area contributed by atoms with Crippen molar-refractivity contribution in [3.8, 4) is 0 Å². The first kappa shape index (κ1) is 15.6. The third kappa shape index (κ3) is 2.95. The Morgan fingerprint density at radius 2 is 0.696 bits per heavy atom. The second kappa shape index (κ2) is 6.06. The molecule has 0 aromatic heterocycles. The smallest absolute Gasteiger partial charge is 0.195 e. The highest BCUT2D eigenvalue weighted by Gasteiger charge is 2.27. The monoisotopic (exact) mass is 301 g/mol. The molecule has 0 radical (unpaired) electrons. The lowest BCUT2D eigenvalue weighted by molar-refractivity contribution is 0.583. The molecule has 1 nitrogen and oxygen atoms in total. The van der Waals surface area contributed by atoms with Crippen molar-refractivity contribution in [2.24, 2.45) is 0 Å². The summed E-state index contributed by atoms with van der Waals surface area (Å²) in [7, 11) is 0. The lowest BCUT2D eigenvalue weighted by atomic mass is 9.29. The van der Waals surface area contributed by atoms with Crippen molar-refractivity contribution in [3.05, 3.63) is 89.5 Å². The predicted molar refractivity (Wildman–Crippen MR) is 100 cm³/mol. The van der Waals surface area contributed by atoms with Crippen LogP contribution < -0.4 is 16.4 Å². The minimum Gasteiger partial charge on any atom is -0.594 e. The normalized spacial score (nSPS) is 11.5. The van der Waals surface area contributed by atoms with Crippen LogP contribution >= 0.6 is 0 Å². The van der Waals surface area contributed by atoms with Crippen molar-refractivity contribution in [2.75, 3.05) is 0 Å². The summed E-state index contributed by atoms with van der Waals surface area (Å²) in [6.45, 7) is 6.19. The summed E-state index contributed by atoms with van der Waals surface area (Å²) >= 11 is 0. The van der Waals surface area contributed by atoms with Gasteiger partial charge in [0.05, 0.1) is 0 Å². The standard InChI is InChI=1S/C21H22BO/c1-16-4-10-19(11-5-16)22(23,20-12-6-17(2)7-13-20)21-14-8-18(3)9-15-21/h4-15,23H,1-3H3/q-1. The predicted octanol–water partition coefficient (Wildman–Crippen LogP) is 2.57. The van der Waals surface area contributed by atoms with Crippen LogP contribution in [-0.4, -0.2) is 11.4 Å². The lowest BCUT2D eigenvalue weighted by Crippen LogP contribution is -2.67. The van der Waals surface area contributed by atoms with Crippen LogP contribution in [0.5, 0.6) is 0 Å². The molecule has 0 unspecified atom stereocenters. The van der Waals surface area contributed by atoms with E-state index in [-0.39, 0.29) is 0 Å². The third-order valence-electron chi connectivity index (χ3n) is 4.68. The average Bonchev–Trinajstić information content (AvgIpc) is 2.56. The summed E-state index contributed by atoms with van der Waals surface area (Å²) in [5, 5.41) is 11.8. The Labute approximate surface area is 138 Å². The minimum atomic E-state index is -1.96. The van der Waals surface area contributed by atoms with E-state index in [2.05, 4.69) is 57.2 Å². The highest BCUT2D eigenvalue weighted by Crippen LogP contribution is 2.07. The molecule has 3 aromatic carbocycles. The highest BCUT2D eigenvalue weighted by molar-refractivity contribution is 7.06. The Morgan fingerprint density at radius 1 is 0.478 bits per heavy atom. The van der Waals surface area contributed by atoms with Crippen molar-refractivity contribution >= 4 is 22.7 Å². The van der Waals surface area contributed by atoms with E-state index in [0.29, 0.717) is 0 Å². The van der Waals surface area contributed by atoms with Crippen LogP contribution in [0.4, 0.5) is 0 Å². The number of benzene rings is 3. The minimum absolute atomic E-state index is 0.948. The second-order valence-electron chi connectivity index (χ2n) is 6.55. The van der Waals surface area contributed by atoms with Gasteiger partial charge in [-0.1, -0.05) is 89.5 Å². The molecule has 3 aromatic rings. The van der Waals surface area contributed by atoms with Crippen LogP contribution in [0, 0.1) is 20.8 Å². The van der Waals surface area contributed by atoms with E-state index in [1.54, 1.807) is 0 Å². The highest BCUT2D eigenvalue weighted by atomic mass is 16.2. The van der Waals surface area contributed by atoms with Gasteiger partial charge < -0.3 is 5.02 Å². The van der Waals surface area contributed by atoms with Crippen molar-refractivity contribution in [1.82, 2.24) is 0 Å². The Morgan fingerprint density at radius 3 is 0.913 bits per heavy atom. The summed E-state index contributed by atoms with van der Waals surface area (Å²) in [4.78, 5) is 0. The van der Waals surface area contributed by atoms with Crippen LogP contribution in [0.15, 0.2) is 72.8 Å². The molecule has 116 valence electrons. The molecule has 0 aliphatic carbocycles. The lowest BCUT2D eigenvalue weighted by Gasteiger charge is -2.38. The fourth-order valence-corrected chi connectivity index (χ4v) is 3.11. The molecule has 0 aliphatic rings. The molecule has 0 amide bonds. The summed E-state index contributed by atoms with van der Waals surface area (Å²) < 4.78 is 0. The molecule has 0 fully saturated rings. The maximum atomic E-state index is 11.8. The van der Waals surface area contributed by atoms with Gasteiger partial charge in [0.15, 0.2) is 6.35 Å². The maximum Gasteiger partial charge on any atom is 0.195 e. The molecule has 0 heterocycles. The zero-order valence-corrected chi connectivity index (χ0v) is 14.0. The first-order valence-corrected chi connectivity index (χ1v) is 8.09. The maximum absolute atomic E-state index is 11.8. The summed E-state index contributed by atoms with van der Waals surface area (Å²) in [5.41, 5.74) is 6.43. The van der Waals surface area contributed by atoms with E-state index >= 15 is 0 Å². The van der Waals surface area contributed by atoms with Crippen LogP contribution in [0.1, 0.15) is 16.7 Å². The first-order chi connectivity index (χ1) is 11.0. The molecular formula is C21H22BO-. The van der Waals surface area contributed by atoms with E-state index < -0.39 is 6.35 Å². The van der Waals surface area contributed by atoms with Gasteiger partial charge in [-0.25, -0.2) is 0 Å². The fourth-order valence-electron chi connectivity index (χ4n) is 3.11. The molecule has 0 aliphatic heterocycles. The summed E-state index contributed by atoms with van der Waals surface area (Å²) in [5.74, 6) is 0. The Hall–Kier alpha value is -2.32. The Balaban J connectivity index is 2.21. The number of aryl methyl sites for hydroxylation is 3. The van der Waals surface area contributed by atoms with Gasteiger partial charge in [0.25, 0.3) is 0 Å². The summed E-state index contributed by atoms with van der Waals surface area (Å²) in [6, 6.07) is 24.6. The zero-order valence-electron chi connectivity index (χ0n) is 14.0. The molecular weight excluding hydrogens is 279 g/mol. The molecule has 3 rings (SSSR count). The van der Waals surface area contributed by atoms with E-state index in [1.165, 1.54) is 16.7 Å². The first-order valence-electron chi connectivity index (χ1n) is 8.09. The fraction of sp³-hybridized carbons (Fsp3) is 0.143. The van der Waals surface area contributed by atoms with Gasteiger partial charge in [0.1, 0.15) is 0 Å². The average molecular weight is 301 g/mol. The Bertz CT molecular complexity index is 676.